The summed E-state index contributed by atoms with van der Waals surface area (Å²) in [7, 11) is 1.43. The predicted octanol–water partition coefficient (Wildman–Crippen LogP) is 1.26. The Morgan fingerprint density at radius 1 is 1.20 bits per heavy atom. The van der Waals surface area contributed by atoms with E-state index >= 15 is 0 Å². The van der Waals surface area contributed by atoms with Crippen molar-refractivity contribution in [1.29, 1.82) is 0 Å². The lowest BCUT2D eigenvalue weighted by Crippen LogP contribution is -2.46. The molecule has 3 N–H and O–H groups in total. The van der Waals surface area contributed by atoms with Crippen molar-refractivity contribution in [2.75, 3.05) is 7.05 Å². The summed E-state index contributed by atoms with van der Waals surface area (Å²) in [6.07, 6.45) is 0. The van der Waals surface area contributed by atoms with E-state index in [2.05, 4.69) is 21.2 Å². The third kappa shape index (κ3) is 2.82. The molecule has 3 amide bonds. The summed E-state index contributed by atoms with van der Waals surface area (Å²) in [5.74, 6) is -0.882. The molecule has 0 bridgehead atoms. The van der Waals surface area contributed by atoms with E-state index in [4.69, 9.17) is 0 Å². The van der Waals surface area contributed by atoms with Crippen LogP contribution in [0.3, 0.4) is 0 Å². The molecule has 6 nitrogen and oxygen atoms in total. The predicted molar refractivity (Wildman–Crippen MR) is 71.5 cm³/mol. The van der Waals surface area contributed by atoms with Crippen LogP contribution in [-0.4, -0.2) is 24.0 Å². The monoisotopic (exact) mass is 276 g/mol. The van der Waals surface area contributed by atoms with E-state index in [1.54, 1.807) is 19.1 Å². The molecule has 0 fully saturated rings. The van der Waals surface area contributed by atoms with Crippen molar-refractivity contribution in [3.05, 3.63) is 41.3 Å². The molecule has 0 saturated heterocycles. The van der Waals surface area contributed by atoms with E-state index in [-0.39, 0.29) is 5.82 Å². The Bertz CT molecular complexity index is 687. The highest BCUT2D eigenvalue weighted by atomic mass is 19.1. The van der Waals surface area contributed by atoms with Crippen LogP contribution in [0.4, 0.5) is 9.18 Å². The molecule has 7 heteroatoms. The smallest absolute Gasteiger partial charge is 0.333 e. The number of carbonyl (C=O) groups is 2. The number of carbonyl (C=O) groups excluding carboxylic acids is 2. The van der Waals surface area contributed by atoms with E-state index in [1.807, 2.05) is 0 Å². The second kappa shape index (κ2) is 5.52. The molecule has 1 heterocycles. The summed E-state index contributed by atoms with van der Waals surface area (Å²) < 4.78 is 13.1. The molecule has 0 atom stereocenters. The van der Waals surface area contributed by atoms with Crippen LogP contribution in [0.1, 0.15) is 16.1 Å². The number of urea groups is 1. The summed E-state index contributed by atoms with van der Waals surface area (Å²) >= 11 is 0. The number of hydrazine groups is 1. The number of rotatable bonds is 1. The van der Waals surface area contributed by atoms with Crippen molar-refractivity contribution in [2.45, 2.75) is 6.92 Å². The van der Waals surface area contributed by atoms with Crippen molar-refractivity contribution in [3.63, 3.8) is 0 Å². The van der Waals surface area contributed by atoms with Gasteiger partial charge < -0.3 is 5.32 Å². The highest BCUT2D eigenvalue weighted by molar-refractivity contribution is 5.99. The lowest BCUT2D eigenvalue weighted by Gasteiger charge is -2.09. The number of pyridine rings is 1. The SMILES string of the molecule is CNC(=O)NNC(=O)c1cc2ccc(F)cc2nc1C. The molecule has 0 aliphatic carbocycles. The number of nitrogens with zero attached hydrogens (tertiary/aromatic N) is 1. The Balaban J connectivity index is 2.30. The zero-order valence-corrected chi connectivity index (χ0v) is 11.0. The Morgan fingerprint density at radius 2 is 1.95 bits per heavy atom. The van der Waals surface area contributed by atoms with Crippen LogP contribution in [0.2, 0.25) is 0 Å². The van der Waals surface area contributed by atoms with Gasteiger partial charge in [-0.3, -0.25) is 15.2 Å². The number of aryl methyl sites for hydroxylation is 1. The molecule has 0 aliphatic heterocycles. The average Bonchev–Trinajstić information content (AvgIpc) is 2.43. The minimum atomic E-state index is -0.535. The van der Waals surface area contributed by atoms with Gasteiger partial charge in [0, 0.05) is 18.5 Å². The van der Waals surface area contributed by atoms with Gasteiger partial charge >= 0.3 is 6.03 Å². The third-order valence-electron chi connectivity index (χ3n) is 2.73. The maximum atomic E-state index is 13.1. The highest BCUT2D eigenvalue weighted by Crippen LogP contribution is 2.17. The summed E-state index contributed by atoms with van der Waals surface area (Å²) in [4.78, 5) is 27.1. The fraction of sp³-hybridized carbons (Fsp3) is 0.154. The fourth-order valence-corrected chi connectivity index (χ4v) is 1.71. The molecule has 1 aromatic heterocycles. The number of halogens is 1. The molecular weight excluding hydrogens is 263 g/mol. The van der Waals surface area contributed by atoms with Gasteiger partial charge in [-0.25, -0.2) is 14.6 Å². The van der Waals surface area contributed by atoms with Gasteiger partial charge in [0.15, 0.2) is 0 Å². The number of fused-ring (bicyclic) bond motifs is 1. The normalized spacial score (nSPS) is 10.2. The molecule has 0 aliphatic rings. The van der Waals surface area contributed by atoms with Gasteiger partial charge in [0.05, 0.1) is 16.8 Å². The molecule has 2 aromatic rings. The van der Waals surface area contributed by atoms with Gasteiger partial charge in [-0.05, 0) is 25.1 Å². The quantitative estimate of drug-likeness (QED) is 0.686. The van der Waals surface area contributed by atoms with Gasteiger partial charge in [-0.1, -0.05) is 0 Å². The first kappa shape index (κ1) is 13.7. The fourth-order valence-electron chi connectivity index (χ4n) is 1.71. The zero-order chi connectivity index (χ0) is 14.7. The van der Waals surface area contributed by atoms with Crippen LogP contribution in [-0.2, 0) is 0 Å². The number of aromatic nitrogens is 1. The molecular formula is C13H13FN4O2. The van der Waals surface area contributed by atoms with E-state index in [0.29, 0.717) is 22.2 Å². The second-order valence-electron chi connectivity index (χ2n) is 4.12. The van der Waals surface area contributed by atoms with Crippen molar-refractivity contribution in [1.82, 2.24) is 21.2 Å². The Hall–Kier alpha value is -2.70. The standard InChI is InChI=1S/C13H13FN4O2/c1-7-10(12(19)17-18-13(20)15-2)5-8-3-4-9(14)6-11(8)16-7/h3-6H,1-2H3,(H,17,19)(H2,15,18,20). The molecule has 0 radical (unpaired) electrons. The van der Waals surface area contributed by atoms with E-state index in [0.717, 1.165) is 0 Å². The second-order valence-corrected chi connectivity index (χ2v) is 4.12. The first-order valence-corrected chi connectivity index (χ1v) is 5.86. The van der Waals surface area contributed by atoms with Gasteiger partial charge in [0.25, 0.3) is 5.91 Å². The minimum absolute atomic E-state index is 0.306. The van der Waals surface area contributed by atoms with Crippen molar-refractivity contribution < 1.29 is 14.0 Å². The summed E-state index contributed by atoms with van der Waals surface area (Å²) in [6, 6.07) is 5.20. The number of nitrogens with one attached hydrogen (secondary N) is 3. The topological polar surface area (TPSA) is 83.1 Å². The Morgan fingerprint density at radius 3 is 2.65 bits per heavy atom. The molecule has 0 spiro atoms. The molecule has 0 unspecified atom stereocenters. The lowest BCUT2D eigenvalue weighted by atomic mass is 10.1. The van der Waals surface area contributed by atoms with Crippen molar-refractivity contribution in [2.24, 2.45) is 0 Å². The number of hydrogen-bond acceptors (Lipinski definition) is 3. The van der Waals surface area contributed by atoms with Crippen LogP contribution >= 0.6 is 0 Å². The number of benzene rings is 1. The van der Waals surface area contributed by atoms with Gasteiger partial charge in [-0.2, -0.15) is 0 Å². The summed E-state index contributed by atoms with van der Waals surface area (Å²) in [6.45, 7) is 1.64. The van der Waals surface area contributed by atoms with Crippen LogP contribution < -0.4 is 16.2 Å². The average molecular weight is 276 g/mol. The maximum Gasteiger partial charge on any atom is 0.333 e. The Labute approximate surface area is 114 Å². The number of amides is 3. The zero-order valence-electron chi connectivity index (χ0n) is 11.0. The first-order chi connectivity index (χ1) is 9.51. The molecule has 1 aromatic carbocycles. The van der Waals surface area contributed by atoms with Crippen LogP contribution in [0.5, 0.6) is 0 Å². The highest BCUT2D eigenvalue weighted by Gasteiger charge is 2.12. The molecule has 104 valence electrons. The van der Waals surface area contributed by atoms with Crippen molar-refractivity contribution >= 4 is 22.8 Å². The summed E-state index contributed by atoms with van der Waals surface area (Å²) in [5.41, 5.74) is 5.65. The van der Waals surface area contributed by atoms with Gasteiger partial charge in [0.2, 0.25) is 0 Å². The molecule has 0 saturated carbocycles. The van der Waals surface area contributed by atoms with Crippen LogP contribution in [0.15, 0.2) is 24.3 Å². The van der Waals surface area contributed by atoms with E-state index in [1.165, 1.54) is 19.2 Å². The Kier molecular flexibility index (Phi) is 3.79. The van der Waals surface area contributed by atoms with E-state index in [9.17, 15) is 14.0 Å². The minimum Gasteiger partial charge on any atom is -0.340 e. The first-order valence-electron chi connectivity index (χ1n) is 5.86. The number of hydrogen-bond donors (Lipinski definition) is 3. The maximum absolute atomic E-state index is 13.1. The summed E-state index contributed by atoms with van der Waals surface area (Å²) in [5, 5.41) is 2.94. The lowest BCUT2D eigenvalue weighted by molar-refractivity contribution is 0.0935. The van der Waals surface area contributed by atoms with Gasteiger partial charge in [0.1, 0.15) is 5.82 Å². The largest absolute Gasteiger partial charge is 0.340 e. The molecule has 20 heavy (non-hydrogen) atoms. The van der Waals surface area contributed by atoms with Crippen LogP contribution in [0.25, 0.3) is 10.9 Å². The van der Waals surface area contributed by atoms with Crippen LogP contribution in [0, 0.1) is 12.7 Å². The van der Waals surface area contributed by atoms with Gasteiger partial charge in [-0.15, -0.1) is 0 Å². The molecule has 2 rings (SSSR count). The third-order valence-corrected chi connectivity index (χ3v) is 2.73. The van der Waals surface area contributed by atoms with E-state index < -0.39 is 11.9 Å². The van der Waals surface area contributed by atoms with Crippen molar-refractivity contribution in [3.8, 4) is 0 Å².